The highest BCUT2D eigenvalue weighted by molar-refractivity contribution is 5.44. The molecular formula is C9H10N4. The van der Waals surface area contributed by atoms with Crippen LogP contribution in [0.4, 0.5) is 5.69 Å². The number of nitrogen functional groups attached to an aromatic ring is 1. The molecule has 2 aromatic heterocycles. The Morgan fingerprint density at radius 1 is 1.46 bits per heavy atom. The summed E-state index contributed by atoms with van der Waals surface area (Å²) in [6, 6.07) is 3.74. The summed E-state index contributed by atoms with van der Waals surface area (Å²) in [7, 11) is 0. The van der Waals surface area contributed by atoms with Crippen LogP contribution in [0.2, 0.25) is 0 Å². The largest absolute Gasteiger partial charge is 0.397 e. The molecule has 0 aliphatic heterocycles. The smallest absolute Gasteiger partial charge is 0.156 e. The molecule has 0 fully saturated rings. The van der Waals surface area contributed by atoms with Crippen LogP contribution in [-0.2, 0) is 0 Å². The van der Waals surface area contributed by atoms with E-state index in [2.05, 4.69) is 10.1 Å². The lowest BCUT2D eigenvalue weighted by Gasteiger charge is -2.04. The van der Waals surface area contributed by atoms with Gasteiger partial charge in [0.1, 0.15) is 0 Å². The molecule has 2 N–H and O–H groups in total. The minimum absolute atomic E-state index is 0.674. The Morgan fingerprint density at radius 2 is 2.31 bits per heavy atom. The molecule has 0 bridgehead atoms. The van der Waals surface area contributed by atoms with Gasteiger partial charge in [-0.3, -0.25) is 0 Å². The fraction of sp³-hybridized carbons (Fsp3) is 0.111. The van der Waals surface area contributed by atoms with Crippen molar-refractivity contribution in [2.75, 3.05) is 5.73 Å². The average molecular weight is 174 g/mol. The summed E-state index contributed by atoms with van der Waals surface area (Å²) in [5.41, 5.74) is 7.28. The van der Waals surface area contributed by atoms with Gasteiger partial charge in [0.25, 0.3) is 0 Å². The molecule has 0 saturated heterocycles. The third kappa shape index (κ3) is 1.38. The van der Waals surface area contributed by atoms with Crippen LogP contribution in [0.3, 0.4) is 0 Å². The number of hydrogen-bond acceptors (Lipinski definition) is 3. The van der Waals surface area contributed by atoms with Crippen molar-refractivity contribution in [1.29, 1.82) is 0 Å². The molecule has 0 atom stereocenters. The van der Waals surface area contributed by atoms with Crippen molar-refractivity contribution in [3.8, 4) is 5.82 Å². The summed E-state index contributed by atoms with van der Waals surface area (Å²) in [6.07, 6.45) is 5.20. The van der Waals surface area contributed by atoms with Gasteiger partial charge in [0, 0.05) is 12.4 Å². The third-order valence-electron chi connectivity index (χ3n) is 1.79. The zero-order valence-electron chi connectivity index (χ0n) is 7.31. The zero-order valence-corrected chi connectivity index (χ0v) is 7.31. The molecule has 2 aromatic rings. The van der Waals surface area contributed by atoms with Crippen LogP contribution < -0.4 is 5.73 Å². The quantitative estimate of drug-likeness (QED) is 0.705. The molecule has 2 rings (SSSR count). The standard InChI is InChI=1S/C9H10N4/c1-7-5-8(10)6-11-9(7)13-4-2-3-12-13/h2-6H,10H2,1H3. The summed E-state index contributed by atoms with van der Waals surface area (Å²) in [6.45, 7) is 1.96. The van der Waals surface area contributed by atoms with E-state index in [1.54, 1.807) is 17.1 Å². The first-order valence-electron chi connectivity index (χ1n) is 3.99. The van der Waals surface area contributed by atoms with Gasteiger partial charge in [0.15, 0.2) is 5.82 Å². The van der Waals surface area contributed by atoms with Gasteiger partial charge in [-0.25, -0.2) is 9.67 Å². The van der Waals surface area contributed by atoms with Gasteiger partial charge >= 0.3 is 0 Å². The van der Waals surface area contributed by atoms with Crippen LogP contribution in [0.5, 0.6) is 0 Å². The van der Waals surface area contributed by atoms with Crippen LogP contribution in [0.25, 0.3) is 5.82 Å². The monoisotopic (exact) mass is 174 g/mol. The Balaban J connectivity index is 2.53. The number of rotatable bonds is 1. The molecule has 0 spiro atoms. The fourth-order valence-electron chi connectivity index (χ4n) is 1.22. The molecule has 0 aliphatic carbocycles. The lowest BCUT2D eigenvalue weighted by Crippen LogP contribution is -2.01. The van der Waals surface area contributed by atoms with Crippen molar-refractivity contribution in [1.82, 2.24) is 14.8 Å². The summed E-state index contributed by atoms with van der Waals surface area (Å²) < 4.78 is 1.72. The van der Waals surface area contributed by atoms with E-state index in [9.17, 15) is 0 Å². The highest BCUT2D eigenvalue weighted by Gasteiger charge is 2.01. The Bertz CT molecular complexity index is 406. The number of nitrogens with zero attached hydrogens (tertiary/aromatic N) is 3. The van der Waals surface area contributed by atoms with Crippen molar-refractivity contribution in [3.63, 3.8) is 0 Å². The van der Waals surface area contributed by atoms with Crippen molar-refractivity contribution >= 4 is 5.69 Å². The van der Waals surface area contributed by atoms with E-state index in [-0.39, 0.29) is 0 Å². The second-order valence-corrected chi connectivity index (χ2v) is 2.86. The average Bonchev–Trinajstić information content (AvgIpc) is 2.56. The SMILES string of the molecule is Cc1cc(N)cnc1-n1cccn1. The van der Waals surface area contributed by atoms with Gasteiger partial charge in [-0.2, -0.15) is 5.10 Å². The van der Waals surface area contributed by atoms with Gasteiger partial charge in [-0.1, -0.05) is 0 Å². The number of hydrogen-bond donors (Lipinski definition) is 1. The Morgan fingerprint density at radius 3 is 2.92 bits per heavy atom. The maximum Gasteiger partial charge on any atom is 0.156 e. The number of aryl methyl sites for hydroxylation is 1. The minimum atomic E-state index is 0.674. The zero-order chi connectivity index (χ0) is 9.26. The van der Waals surface area contributed by atoms with E-state index in [1.807, 2.05) is 25.3 Å². The highest BCUT2D eigenvalue weighted by Crippen LogP contribution is 2.11. The lowest BCUT2D eigenvalue weighted by molar-refractivity contribution is 0.838. The molecule has 2 heterocycles. The van der Waals surface area contributed by atoms with E-state index in [4.69, 9.17) is 5.73 Å². The number of anilines is 1. The van der Waals surface area contributed by atoms with E-state index in [0.717, 1.165) is 11.4 Å². The molecule has 0 saturated carbocycles. The van der Waals surface area contributed by atoms with Crippen LogP contribution in [-0.4, -0.2) is 14.8 Å². The van der Waals surface area contributed by atoms with Gasteiger partial charge in [0.2, 0.25) is 0 Å². The maximum atomic E-state index is 5.59. The first-order valence-corrected chi connectivity index (χ1v) is 3.99. The van der Waals surface area contributed by atoms with Crippen molar-refractivity contribution in [3.05, 3.63) is 36.3 Å². The molecule has 66 valence electrons. The van der Waals surface area contributed by atoms with Gasteiger partial charge in [0.05, 0.1) is 11.9 Å². The first-order chi connectivity index (χ1) is 6.27. The van der Waals surface area contributed by atoms with Crippen molar-refractivity contribution < 1.29 is 0 Å². The Labute approximate surface area is 76.0 Å². The normalized spacial score (nSPS) is 10.2. The summed E-state index contributed by atoms with van der Waals surface area (Å²) >= 11 is 0. The second-order valence-electron chi connectivity index (χ2n) is 2.86. The van der Waals surface area contributed by atoms with Crippen molar-refractivity contribution in [2.24, 2.45) is 0 Å². The third-order valence-corrected chi connectivity index (χ3v) is 1.79. The van der Waals surface area contributed by atoms with Gasteiger partial charge in [-0.05, 0) is 24.6 Å². The summed E-state index contributed by atoms with van der Waals surface area (Å²) in [5.74, 6) is 0.819. The molecule has 13 heavy (non-hydrogen) atoms. The molecule has 0 radical (unpaired) electrons. The molecule has 4 heteroatoms. The van der Waals surface area contributed by atoms with E-state index in [0.29, 0.717) is 5.69 Å². The predicted octanol–water partition coefficient (Wildman–Crippen LogP) is 1.16. The molecule has 0 aromatic carbocycles. The first kappa shape index (κ1) is 7.79. The van der Waals surface area contributed by atoms with Crippen LogP contribution in [0, 0.1) is 6.92 Å². The maximum absolute atomic E-state index is 5.59. The minimum Gasteiger partial charge on any atom is -0.397 e. The fourth-order valence-corrected chi connectivity index (χ4v) is 1.22. The molecule has 0 unspecified atom stereocenters. The van der Waals surface area contributed by atoms with Crippen molar-refractivity contribution in [2.45, 2.75) is 6.92 Å². The topological polar surface area (TPSA) is 56.7 Å². The van der Waals surface area contributed by atoms with Crippen LogP contribution in [0.15, 0.2) is 30.7 Å². The molecule has 0 aliphatic rings. The number of nitrogens with two attached hydrogens (primary N) is 1. The predicted molar refractivity (Wildman–Crippen MR) is 50.5 cm³/mol. The Hall–Kier alpha value is -1.84. The van der Waals surface area contributed by atoms with E-state index < -0.39 is 0 Å². The Kier molecular flexibility index (Phi) is 1.73. The molecular weight excluding hydrogens is 164 g/mol. The molecule has 0 amide bonds. The number of pyridine rings is 1. The molecule has 4 nitrogen and oxygen atoms in total. The van der Waals surface area contributed by atoms with E-state index >= 15 is 0 Å². The second kappa shape index (κ2) is 2.90. The highest BCUT2D eigenvalue weighted by atomic mass is 15.3. The van der Waals surface area contributed by atoms with Crippen LogP contribution in [0.1, 0.15) is 5.56 Å². The van der Waals surface area contributed by atoms with Crippen LogP contribution >= 0.6 is 0 Å². The number of aromatic nitrogens is 3. The lowest BCUT2D eigenvalue weighted by atomic mass is 10.3. The van der Waals surface area contributed by atoms with Gasteiger partial charge in [-0.15, -0.1) is 0 Å². The summed E-state index contributed by atoms with van der Waals surface area (Å²) in [5, 5.41) is 4.09. The van der Waals surface area contributed by atoms with Gasteiger partial charge < -0.3 is 5.73 Å². The van der Waals surface area contributed by atoms with E-state index in [1.165, 1.54) is 0 Å². The summed E-state index contributed by atoms with van der Waals surface area (Å²) in [4.78, 5) is 4.20.